The molecule has 0 spiro atoms. The second kappa shape index (κ2) is 8.87. The van der Waals surface area contributed by atoms with E-state index in [1.54, 1.807) is 0 Å². The van der Waals surface area contributed by atoms with E-state index in [9.17, 15) is 10.1 Å². The Bertz CT molecular complexity index is 608. The van der Waals surface area contributed by atoms with Gasteiger partial charge < -0.3 is 15.4 Å². The summed E-state index contributed by atoms with van der Waals surface area (Å²) in [6.45, 7) is 6.87. The lowest BCUT2D eigenvalue weighted by Crippen LogP contribution is -2.40. The van der Waals surface area contributed by atoms with Crippen molar-refractivity contribution in [1.82, 2.24) is 10.6 Å². The van der Waals surface area contributed by atoms with Crippen molar-refractivity contribution in [2.45, 2.75) is 64.0 Å². The molecule has 5 heteroatoms. The third kappa shape index (κ3) is 6.39. The van der Waals surface area contributed by atoms with Crippen LogP contribution in [0.5, 0.6) is 0 Å². The molecule has 1 aliphatic rings. The predicted octanol–water partition coefficient (Wildman–Crippen LogP) is 3.70. The molecule has 0 heterocycles. The third-order valence-corrected chi connectivity index (χ3v) is 4.47. The van der Waals surface area contributed by atoms with Gasteiger partial charge in [0, 0.05) is 19.1 Å². The molecule has 1 fully saturated rings. The minimum atomic E-state index is -0.463. The number of nitriles is 1. The van der Waals surface area contributed by atoms with Crippen LogP contribution in [-0.4, -0.2) is 30.8 Å². The second-order valence-corrected chi connectivity index (χ2v) is 7.63. The number of nitrogens with one attached hydrogen (secondary N) is 2. The molecular formula is C20H29N3O2. The SMILES string of the molecule is CC(C)(C)OC(=O)NCCN[C@H]1CC[C@H](c2ccccc2C#N)CC1. The first-order valence-electron chi connectivity index (χ1n) is 9.08. The van der Waals surface area contributed by atoms with Gasteiger partial charge in [-0.2, -0.15) is 5.26 Å². The highest BCUT2D eigenvalue weighted by Gasteiger charge is 2.23. The molecule has 2 rings (SSSR count). The Morgan fingerprint density at radius 1 is 1.20 bits per heavy atom. The van der Waals surface area contributed by atoms with Gasteiger partial charge in [-0.1, -0.05) is 18.2 Å². The molecule has 0 unspecified atom stereocenters. The first kappa shape index (κ1) is 19.3. The number of amides is 1. The van der Waals surface area contributed by atoms with Crippen LogP contribution in [0.25, 0.3) is 0 Å². The highest BCUT2D eigenvalue weighted by Crippen LogP contribution is 2.34. The molecule has 0 atom stereocenters. The summed E-state index contributed by atoms with van der Waals surface area (Å²) in [6, 6.07) is 10.7. The van der Waals surface area contributed by atoms with Crippen LogP contribution < -0.4 is 10.6 Å². The van der Waals surface area contributed by atoms with Gasteiger partial charge in [-0.25, -0.2) is 4.79 Å². The number of hydrogen-bond donors (Lipinski definition) is 2. The molecule has 0 radical (unpaired) electrons. The second-order valence-electron chi connectivity index (χ2n) is 7.63. The Kier molecular flexibility index (Phi) is 6.83. The van der Waals surface area contributed by atoms with Gasteiger partial charge in [0.25, 0.3) is 0 Å². The van der Waals surface area contributed by atoms with Gasteiger partial charge in [-0.05, 0) is 64.0 Å². The van der Waals surface area contributed by atoms with Crippen molar-refractivity contribution in [3.8, 4) is 6.07 Å². The number of rotatable bonds is 5. The molecule has 25 heavy (non-hydrogen) atoms. The quantitative estimate of drug-likeness (QED) is 0.800. The fourth-order valence-electron chi connectivity index (χ4n) is 3.32. The zero-order valence-corrected chi connectivity index (χ0v) is 15.5. The Hall–Kier alpha value is -2.06. The van der Waals surface area contributed by atoms with Crippen LogP contribution in [0.4, 0.5) is 4.79 Å². The van der Waals surface area contributed by atoms with Gasteiger partial charge in [0.2, 0.25) is 0 Å². The highest BCUT2D eigenvalue weighted by molar-refractivity contribution is 5.67. The van der Waals surface area contributed by atoms with E-state index in [0.29, 0.717) is 18.5 Å². The Morgan fingerprint density at radius 3 is 2.52 bits per heavy atom. The summed E-state index contributed by atoms with van der Waals surface area (Å²) < 4.78 is 5.21. The van der Waals surface area contributed by atoms with Crippen molar-refractivity contribution in [2.24, 2.45) is 0 Å². The molecule has 0 saturated heterocycles. The largest absolute Gasteiger partial charge is 0.444 e. The molecule has 2 N–H and O–H groups in total. The Balaban J connectivity index is 1.68. The molecule has 0 bridgehead atoms. The van der Waals surface area contributed by atoms with E-state index >= 15 is 0 Å². The van der Waals surface area contributed by atoms with Gasteiger partial charge in [0.15, 0.2) is 0 Å². The average Bonchev–Trinajstić information content (AvgIpc) is 2.58. The van der Waals surface area contributed by atoms with Crippen LogP contribution in [0.15, 0.2) is 24.3 Å². The molecule has 1 aromatic rings. The van der Waals surface area contributed by atoms with Crippen molar-refractivity contribution in [3.63, 3.8) is 0 Å². The number of carbonyl (C=O) groups excluding carboxylic acids is 1. The molecule has 1 aliphatic carbocycles. The summed E-state index contributed by atoms with van der Waals surface area (Å²) in [5.74, 6) is 0.480. The van der Waals surface area contributed by atoms with Gasteiger partial charge in [-0.3, -0.25) is 0 Å². The molecule has 136 valence electrons. The summed E-state index contributed by atoms with van der Waals surface area (Å²) in [6.07, 6.45) is 4.01. The first-order valence-corrected chi connectivity index (χ1v) is 9.08. The van der Waals surface area contributed by atoms with Crippen molar-refractivity contribution >= 4 is 6.09 Å². The van der Waals surface area contributed by atoms with E-state index in [1.807, 2.05) is 39.0 Å². The predicted molar refractivity (Wildman–Crippen MR) is 98.4 cm³/mol. The number of ether oxygens (including phenoxy) is 1. The normalized spacial score (nSPS) is 20.6. The van der Waals surface area contributed by atoms with E-state index in [0.717, 1.165) is 37.8 Å². The number of nitrogens with zero attached hydrogens (tertiary/aromatic N) is 1. The number of hydrogen-bond acceptors (Lipinski definition) is 4. The monoisotopic (exact) mass is 343 g/mol. The smallest absolute Gasteiger partial charge is 0.407 e. The Morgan fingerprint density at radius 2 is 1.88 bits per heavy atom. The number of alkyl carbamates (subject to hydrolysis) is 1. The van der Waals surface area contributed by atoms with Crippen molar-refractivity contribution < 1.29 is 9.53 Å². The van der Waals surface area contributed by atoms with E-state index in [1.165, 1.54) is 5.56 Å². The third-order valence-electron chi connectivity index (χ3n) is 4.47. The average molecular weight is 343 g/mol. The standard InChI is InChI=1S/C20H29N3O2/c1-20(2,3)25-19(24)23-13-12-22-17-10-8-15(9-11-17)18-7-5-4-6-16(18)14-21/h4-7,15,17,22H,8-13H2,1-3H3,(H,23,24)/t15-,17-. The van der Waals surface area contributed by atoms with Crippen molar-refractivity contribution in [2.75, 3.05) is 13.1 Å². The lowest BCUT2D eigenvalue weighted by molar-refractivity contribution is 0.0527. The van der Waals surface area contributed by atoms with Gasteiger partial charge in [-0.15, -0.1) is 0 Å². The maximum absolute atomic E-state index is 11.6. The fourth-order valence-corrected chi connectivity index (χ4v) is 3.32. The molecule has 1 saturated carbocycles. The lowest BCUT2D eigenvalue weighted by atomic mass is 9.80. The van der Waals surface area contributed by atoms with Gasteiger partial charge >= 0.3 is 6.09 Å². The highest BCUT2D eigenvalue weighted by atomic mass is 16.6. The summed E-state index contributed by atoms with van der Waals surface area (Å²) in [7, 11) is 0. The molecule has 1 amide bonds. The summed E-state index contributed by atoms with van der Waals surface area (Å²) >= 11 is 0. The van der Waals surface area contributed by atoms with Gasteiger partial charge in [0.05, 0.1) is 11.6 Å². The van der Waals surface area contributed by atoms with Crippen molar-refractivity contribution in [1.29, 1.82) is 5.26 Å². The number of carbonyl (C=O) groups is 1. The summed E-state index contributed by atoms with van der Waals surface area (Å²) in [4.78, 5) is 11.6. The van der Waals surface area contributed by atoms with E-state index in [2.05, 4.69) is 22.8 Å². The van der Waals surface area contributed by atoms with Crippen LogP contribution in [-0.2, 0) is 4.74 Å². The topological polar surface area (TPSA) is 74.2 Å². The van der Waals surface area contributed by atoms with Gasteiger partial charge in [0.1, 0.15) is 5.60 Å². The summed E-state index contributed by atoms with van der Waals surface area (Å²) in [5, 5.41) is 15.5. The Labute approximate surface area is 150 Å². The van der Waals surface area contributed by atoms with Crippen LogP contribution in [0.3, 0.4) is 0 Å². The molecule has 1 aromatic carbocycles. The maximum atomic E-state index is 11.6. The summed E-state index contributed by atoms with van der Waals surface area (Å²) in [5.41, 5.74) is 1.53. The van der Waals surface area contributed by atoms with Crippen LogP contribution in [0.1, 0.15) is 63.5 Å². The van der Waals surface area contributed by atoms with E-state index in [-0.39, 0.29) is 6.09 Å². The molecule has 5 nitrogen and oxygen atoms in total. The van der Waals surface area contributed by atoms with Crippen LogP contribution in [0.2, 0.25) is 0 Å². The molecular weight excluding hydrogens is 314 g/mol. The minimum Gasteiger partial charge on any atom is -0.444 e. The van der Waals surface area contributed by atoms with E-state index in [4.69, 9.17) is 4.74 Å². The minimum absolute atomic E-state index is 0.369. The lowest BCUT2D eigenvalue weighted by Gasteiger charge is -2.30. The number of benzene rings is 1. The van der Waals surface area contributed by atoms with Crippen LogP contribution in [0, 0.1) is 11.3 Å². The molecule has 0 aliphatic heterocycles. The molecule has 0 aromatic heterocycles. The van der Waals surface area contributed by atoms with Crippen LogP contribution >= 0.6 is 0 Å². The zero-order valence-electron chi connectivity index (χ0n) is 15.5. The van der Waals surface area contributed by atoms with Crippen molar-refractivity contribution in [3.05, 3.63) is 35.4 Å². The fraction of sp³-hybridized carbons (Fsp3) is 0.600. The maximum Gasteiger partial charge on any atom is 0.407 e. The zero-order chi connectivity index (χ0) is 18.3. The first-order chi connectivity index (χ1) is 11.9. The van der Waals surface area contributed by atoms with E-state index < -0.39 is 5.60 Å².